The quantitative estimate of drug-likeness (QED) is 0.758. The van der Waals surface area contributed by atoms with Crippen molar-refractivity contribution in [3.63, 3.8) is 0 Å². The van der Waals surface area contributed by atoms with Gasteiger partial charge in [-0.1, -0.05) is 23.2 Å². The zero-order valence-electron chi connectivity index (χ0n) is 14.9. The van der Waals surface area contributed by atoms with Gasteiger partial charge in [0.15, 0.2) is 0 Å². The molecule has 0 unspecified atom stereocenters. The third-order valence-electron chi connectivity index (χ3n) is 5.34. The lowest BCUT2D eigenvalue weighted by atomic mass is 10.1. The van der Waals surface area contributed by atoms with Crippen LogP contribution in [0.1, 0.15) is 23.7 Å². The van der Waals surface area contributed by atoms with Gasteiger partial charge in [-0.05, 0) is 54.8 Å². The molecule has 1 saturated heterocycles. The molecule has 28 heavy (non-hydrogen) atoms. The van der Waals surface area contributed by atoms with Crippen molar-refractivity contribution in [3.8, 4) is 5.75 Å². The number of benzene rings is 2. The Morgan fingerprint density at radius 1 is 1.18 bits per heavy atom. The Morgan fingerprint density at radius 2 is 1.89 bits per heavy atom. The number of β-amino-alcohol motifs (C(OH)–C–C–N with tert-alkyl or cyclic N) is 1. The number of halogens is 2. The lowest BCUT2D eigenvalue weighted by molar-refractivity contribution is 0.0818. The van der Waals surface area contributed by atoms with E-state index in [2.05, 4.69) is 4.90 Å². The molecule has 1 heterocycles. The van der Waals surface area contributed by atoms with Crippen molar-refractivity contribution in [3.05, 3.63) is 57.6 Å². The average molecular weight is 443 g/mol. The molecule has 2 aliphatic rings. The van der Waals surface area contributed by atoms with Gasteiger partial charge in [-0.3, -0.25) is 4.90 Å². The summed E-state index contributed by atoms with van der Waals surface area (Å²) in [6, 6.07) is 9.58. The normalized spacial score (nSPS) is 25.1. The van der Waals surface area contributed by atoms with Crippen molar-refractivity contribution in [2.75, 3.05) is 13.1 Å². The van der Waals surface area contributed by atoms with Gasteiger partial charge in [-0.15, -0.1) is 0 Å². The predicted octanol–water partition coefficient (Wildman–Crippen LogP) is 2.75. The molecule has 1 aliphatic heterocycles. The number of nitrogens with two attached hydrogens (primary N) is 1. The Kier molecular flexibility index (Phi) is 5.33. The van der Waals surface area contributed by atoms with Gasteiger partial charge >= 0.3 is 0 Å². The molecule has 0 amide bonds. The number of nitrogens with zero attached hydrogens (tertiary/aromatic N) is 1. The SMILES string of the molecule is NS(=O)(=O)c1ccc(O[C@H]2c3cc(Cl)cc(Cl)c3C[C@@H]2N2CC[C@@H](O)C2)cc1. The molecule has 0 aromatic heterocycles. The number of ether oxygens (including phenoxy) is 1. The summed E-state index contributed by atoms with van der Waals surface area (Å²) in [5.41, 5.74) is 1.91. The van der Waals surface area contributed by atoms with Crippen molar-refractivity contribution in [2.45, 2.75) is 36.0 Å². The summed E-state index contributed by atoms with van der Waals surface area (Å²) in [7, 11) is -3.76. The number of rotatable bonds is 4. The summed E-state index contributed by atoms with van der Waals surface area (Å²) in [5.74, 6) is 0.520. The summed E-state index contributed by atoms with van der Waals surface area (Å²) in [6.45, 7) is 1.35. The monoisotopic (exact) mass is 442 g/mol. The number of fused-ring (bicyclic) bond motifs is 1. The van der Waals surface area contributed by atoms with Gasteiger partial charge in [-0.25, -0.2) is 13.6 Å². The van der Waals surface area contributed by atoms with Gasteiger partial charge in [0.05, 0.1) is 17.0 Å². The minimum absolute atomic E-state index is 0.000958. The van der Waals surface area contributed by atoms with E-state index < -0.39 is 10.0 Å². The van der Waals surface area contributed by atoms with E-state index >= 15 is 0 Å². The number of sulfonamides is 1. The van der Waals surface area contributed by atoms with Crippen molar-refractivity contribution >= 4 is 33.2 Å². The third-order valence-corrected chi connectivity index (χ3v) is 6.83. The molecule has 0 spiro atoms. The van der Waals surface area contributed by atoms with E-state index in [-0.39, 0.29) is 23.1 Å². The molecular formula is C19H20Cl2N2O4S. The molecule has 6 nitrogen and oxygen atoms in total. The number of aliphatic hydroxyl groups excluding tert-OH is 1. The van der Waals surface area contributed by atoms with Crippen molar-refractivity contribution in [1.29, 1.82) is 0 Å². The van der Waals surface area contributed by atoms with Crippen LogP contribution in [0.15, 0.2) is 41.3 Å². The summed E-state index contributed by atoms with van der Waals surface area (Å²) in [4.78, 5) is 2.23. The van der Waals surface area contributed by atoms with Crippen LogP contribution in [-0.4, -0.2) is 43.7 Å². The molecule has 9 heteroatoms. The van der Waals surface area contributed by atoms with Crippen LogP contribution >= 0.6 is 23.2 Å². The van der Waals surface area contributed by atoms with Crippen LogP contribution in [0.3, 0.4) is 0 Å². The second-order valence-electron chi connectivity index (χ2n) is 7.22. The molecule has 1 aliphatic carbocycles. The van der Waals surface area contributed by atoms with E-state index in [1.165, 1.54) is 12.1 Å². The van der Waals surface area contributed by atoms with Gasteiger partial charge in [0.1, 0.15) is 11.9 Å². The van der Waals surface area contributed by atoms with E-state index in [9.17, 15) is 13.5 Å². The molecule has 0 saturated carbocycles. The van der Waals surface area contributed by atoms with Crippen LogP contribution < -0.4 is 9.88 Å². The van der Waals surface area contributed by atoms with Crippen LogP contribution in [0.25, 0.3) is 0 Å². The largest absolute Gasteiger partial charge is 0.484 e. The summed E-state index contributed by atoms with van der Waals surface area (Å²) in [6.07, 6.45) is 0.726. The highest BCUT2D eigenvalue weighted by molar-refractivity contribution is 7.89. The fraction of sp³-hybridized carbons (Fsp3) is 0.368. The minimum Gasteiger partial charge on any atom is -0.484 e. The molecule has 3 atom stereocenters. The fourth-order valence-electron chi connectivity index (χ4n) is 4.00. The first-order valence-corrected chi connectivity index (χ1v) is 11.2. The van der Waals surface area contributed by atoms with Crippen LogP contribution in [0.4, 0.5) is 0 Å². The zero-order valence-corrected chi connectivity index (χ0v) is 17.2. The molecule has 2 aromatic rings. The van der Waals surface area contributed by atoms with Gasteiger partial charge in [0.25, 0.3) is 0 Å². The van der Waals surface area contributed by atoms with Gasteiger partial charge in [-0.2, -0.15) is 0 Å². The second kappa shape index (κ2) is 7.48. The first-order valence-electron chi connectivity index (χ1n) is 8.92. The molecular weight excluding hydrogens is 423 g/mol. The second-order valence-corrected chi connectivity index (χ2v) is 9.62. The van der Waals surface area contributed by atoms with Crippen molar-refractivity contribution in [1.82, 2.24) is 4.90 Å². The molecule has 1 fully saturated rings. The Hall–Kier alpha value is -1.35. The van der Waals surface area contributed by atoms with Crippen LogP contribution in [0.5, 0.6) is 5.75 Å². The molecule has 3 N–H and O–H groups in total. The number of hydrogen-bond donors (Lipinski definition) is 2. The van der Waals surface area contributed by atoms with E-state index in [0.29, 0.717) is 28.8 Å². The number of likely N-dealkylation sites (tertiary alicyclic amines) is 1. The topological polar surface area (TPSA) is 92.9 Å². The Morgan fingerprint density at radius 3 is 2.50 bits per heavy atom. The average Bonchev–Trinajstić information content (AvgIpc) is 3.19. The first kappa shape index (κ1) is 19.9. The third kappa shape index (κ3) is 3.87. The highest BCUT2D eigenvalue weighted by Gasteiger charge is 2.41. The Balaban J connectivity index is 1.67. The van der Waals surface area contributed by atoms with Crippen LogP contribution in [-0.2, 0) is 16.4 Å². The summed E-state index contributed by atoms with van der Waals surface area (Å²) >= 11 is 12.7. The standard InChI is InChI=1S/C19H20Cl2N2O4S/c20-11-7-16-15(17(21)8-11)9-18(23-6-5-12(24)10-23)19(16)27-13-1-3-14(4-2-13)28(22,25)26/h1-4,7-8,12,18-19,24H,5-6,9-10H2,(H2,22,25,26)/t12-,18+,19+/m1/s1. The maximum atomic E-state index is 11.5. The maximum absolute atomic E-state index is 11.5. The molecule has 150 valence electrons. The molecule has 0 bridgehead atoms. The first-order chi connectivity index (χ1) is 13.2. The number of aliphatic hydroxyl groups is 1. The predicted molar refractivity (Wildman–Crippen MR) is 107 cm³/mol. The highest BCUT2D eigenvalue weighted by atomic mass is 35.5. The van der Waals surface area contributed by atoms with Crippen molar-refractivity contribution < 1.29 is 18.3 Å². The molecule has 2 aromatic carbocycles. The van der Waals surface area contributed by atoms with E-state index in [0.717, 1.165) is 24.1 Å². The fourth-order valence-corrected chi connectivity index (χ4v) is 5.10. The van der Waals surface area contributed by atoms with Crippen LogP contribution in [0, 0.1) is 0 Å². The van der Waals surface area contributed by atoms with Gasteiger partial charge < -0.3 is 9.84 Å². The summed E-state index contributed by atoms with van der Waals surface area (Å²) < 4.78 is 29.2. The van der Waals surface area contributed by atoms with E-state index in [1.807, 2.05) is 6.07 Å². The lowest BCUT2D eigenvalue weighted by Crippen LogP contribution is -2.39. The molecule has 4 rings (SSSR count). The van der Waals surface area contributed by atoms with E-state index in [1.54, 1.807) is 18.2 Å². The maximum Gasteiger partial charge on any atom is 0.238 e. The number of hydrogen-bond acceptors (Lipinski definition) is 5. The van der Waals surface area contributed by atoms with Gasteiger partial charge in [0, 0.05) is 28.7 Å². The smallest absolute Gasteiger partial charge is 0.238 e. The van der Waals surface area contributed by atoms with Gasteiger partial charge in [0.2, 0.25) is 10.0 Å². The Bertz CT molecular complexity index is 998. The Labute approximate surface area is 173 Å². The van der Waals surface area contributed by atoms with Crippen molar-refractivity contribution in [2.24, 2.45) is 5.14 Å². The molecule has 0 radical (unpaired) electrons. The highest BCUT2D eigenvalue weighted by Crippen LogP contribution is 2.43. The summed E-state index contributed by atoms with van der Waals surface area (Å²) in [5, 5.41) is 16.2. The zero-order chi connectivity index (χ0) is 20.1. The minimum atomic E-state index is -3.76. The number of primary sulfonamides is 1. The van der Waals surface area contributed by atoms with E-state index in [4.69, 9.17) is 33.1 Å². The lowest BCUT2D eigenvalue weighted by Gasteiger charge is -2.30. The van der Waals surface area contributed by atoms with Crippen LogP contribution in [0.2, 0.25) is 10.0 Å².